The summed E-state index contributed by atoms with van der Waals surface area (Å²) in [6.45, 7) is -0.126. The Bertz CT molecular complexity index is 1190. The van der Waals surface area contributed by atoms with Crippen molar-refractivity contribution in [1.82, 2.24) is 15.3 Å². The van der Waals surface area contributed by atoms with Gasteiger partial charge in [-0.15, -0.1) is 0 Å². The van der Waals surface area contributed by atoms with Crippen LogP contribution in [0.3, 0.4) is 0 Å². The van der Waals surface area contributed by atoms with Crippen molar-refractivity contribution in [2.45, 2.75) is 19.1 Å². The summed E-state index contributed by atoms with van der Waals surface area (Å²) in [4.78, 5) is 31.5. The van der Waals surface area contributed by atoms with Gasteiger partial charge in [-0.3, -0.25) is 9.97 Å². The van der Waals surface area contributed by atoms with Crippen molar-refractivity contribution >= 4 is 23.0 Å². The molecule has 8 nitrogen and oxygen atoms in total. The first-order valence-electron chi connectivity index (χ1n) is 9.57. The van der Waals surface area contributed by atoms with Crippen LogP contribution in [0.4, 0.5) is 4.79 Å². The molecule has 0 fully saturated rings. The quantitative estimate of drug-likeness (QED) is 0.470. The van der Waals surface area contributed by atoms with Crippen molar-refractivity contribution < 1.29 is 23.8 Å². The number of carbonyl (C=O) groups is 2. The molecule has 2 aromatic carbocycles. The van der Waals surface area contributed by atoms with E-state index in [1.54, 1.807) is 6.07 Å². The zero-order valence-corrected chi connectivity index (χ0v) is 16.4. The molecule has 0 saturated heterocycles. The number of carboxylic acid groups (broad SMARTS) is 1. The molecule has 156 valence electrons. The second kappa shape index (κ2) is 9.08. The molecule has 0 aliphatic heterocycles. The fourth-order valence-electron chi connectivity index (χ4n) is 3.14. The number of nitrogens with one attached hydrogen (secondary N) is 1. The van der Waals surface area contributed by atoms with Crippen LogP contribution in [-0.4, -0.2) is 33.2 Å². The summed E-state index contributed by atoms with van der Waals surface area (Å²) < 4.78 is 10.9. The molecule has 2 N–H and O–H groups in total. The van der Waals surface area contributed by atoms with E-state index in [0.717, 1.165) is 16.5 Å². The smallest absolute Gasteiger partial charge is 0.408 e. The molecule has 0 aliphatic rings. The van der Waals surface area contributed by atoms with Crippen LogP contribution in [0.2, 0.25) is 0 Å². The highest BCUT2D eigenvalue weighted by Crippen LogP contribution is 2.27. The van der Waals surface area contributed by atoms with Gasteiger partial charge in [0.1, 0.15) is 17.4 Å². The first-order chi connectivity index (χ1) is 15.1. The number of aliphatic carboxylic acids is 1. The van der Waals surface area contributed by atoms with E-state index in [1.807, 2.05) is 48.5 Å². The van der Waals surface area contributed by atoms with Crippen LogP contribution in [0.5, 0.6) is 0 Å². The van der Waals surface area contributed by atoms with E-state index in [0.29, 0.717) is 17.0 Å². The van der Waals surface area contributed by atoms with Crippen LogP contribution >= 0.6 is 0 Å². The summed E-state index contributed by atoms with van der Waals surface area (Å²) >= 11 is 0. The lowest BCUT2D eigenvalue weighted by Crippen LogP contribution is -2.42. The molecule has 2 heterocycles. The summed E-state index contributed by atoms with van der Waals surface area (Å²) in [6.07, 6.45) is 3.52. The number of amides is 1. The summed E-state index contributed by atoms with van der Waals surface area (Å²) in [5.41, 5.74) is 3.25. The average Bonchev–Trinajstić information content (AvgIpc) is 3.21. The normalized spacial score (nSPS) is 11.7. The van der Waals surface area contributed by atoms with Crippen LogP contribution < -0.4 is 5.32 Å². The zero-order valence-electron chi connectivity index (χ0n) is 16.4. The number of furan rings is 1. The average molecular weight is 417 g/mol. The molecular weight excluding hydrogens is 398 g/mol. The second-order valence-electron chi connectivity index (χ2n) is 6.84. The lowest BCUT2D eigenvalue weighted by molar-refractivity contribution is -0.139. The van der Waals surface area contributed by atoms with E-state index < -0.39 is 18.1 Å². The summed E-state index contributed by atoms with van der Waals surface area (Å²) in [5, 5.41) is 12.6. The van der Waals surface area contributed by atoms with E-state index in [-0.39, 0.29) is 13.0 Å². The SMILES string of the molecule is O=C(NC(Cc1cnccn1)C(=O)O)OCc1cc2cc(-c3ccccc3)ccc2o1. The van der Waals surface area contributed by atoms with Crippen LogP contribution in [0.25, 0.3) is 22.1 Å². The Balaban J connectivity index is 1.38. The first-order valence-corrected chi connectivity index (χ1v) is 9.57. The minimum absolute atomic E-state index is 0.00876. The molecule has 1 unspecified atom stereocenters. The van der Waals surface area contributed by atoms with E-state index in [1.165, 1.54) is 18.6 Å². The molecule has 1 amide bonds. The van der Waals surface area contributed by atoms with Crippen molar-refractivity contribution in [2.24, 2.45) is 0 Å². The number of benzene rings is 2. The standard InChI is InChI=1S/C23H19N3O5/c27-22(28)20(12-18-13-24-8-9-25-18)26-23(29)30-14-19-11-17-10-16(6-7-21(17)31-19)15-4-2-1-3-5-15/h1-11,13,20H,12,14H2,(H,26,29)(H,27,28). The van der Waals surface area contributed by atoms with Crippen LogP contribution in [0, 0.1) is 0 Å². The number of nitrogens with zero attached hydrogens (tertiary/aromatic N) is 2. The van der Waals surface area contributed by atoms with Crippen LogP contribution in [0.15, 0.2) is 77.6 Å². The molecular formula is C23H19N3O5. The highest BCUT2D eigenvalue weighted by atomic mass is 16.6. The minimum Gasteiger partial charge on any atom is -0.480 e. The first kappa shape index (κ1) is 20.1. The van der Waals surface area contributed by atoms with E-state index in [9.17, 15) is 14.7 Å². The number of ether oxygens (including phenoxy) is 1. The third-order valence-electron chi connectivity index (χ3n) is 4.64. The fraction of sp³-hybridized carbons (Fsp3) is 0.130. The molecule has 4 rings (SSSR count). The topological polar surface area (TPSA) is 115 Å². The third kappa shape index (κ3) is 5.05. The van der Waals surface area contributed by atoms with Gasteiger partial charge >= 0.3 is 12.1 Å². The maximum atomic E-state index is 12.1. The lowest BCUT2D eigenvalue weighted by Gasteiger charge is -2.13. The lowest BCUT2D eigenvalue weighted by atomic mass is 10.0. The Morgan fingerprint density at radius 2 is 1.90 bits per heavy atom. The second-order valence-corrected chi connectivity index (χ2v) is 6.84. The maximum absolute atomic E-state index is 12.1. The van der Waals surface area contributed by atoms with Gasteiger partial charge in [0.25, 0.3) is 0 Å². The van der Waals surface area contributed by atoms with Gasteiger partial charge < -0.3 is 19.6 Å². The number of rotatable bonds is 7. The molecule has 1 atom stereocenters. The molecule has 0 bridgehead atoms. The van der Waals surface area contributed by atoms with Crippen molar-refractivity contribution in [2.75, 3.05) is 0 Å². The van der Waals surface area contributed by atoms with Gasteiger partial charge in [-0.1, -0.05) is 36.4 Å². The number of hydrogen-bond acceptors (Lipinski definition) is 6. The Hall–Kier alpha value is -4.20. The number of alkyl carbamates (subject to hydrolysis) is 1. The van der Waals surface area contributed by atoms with Gasteiger partial charge in [0, 0.05) is 30.4 Å². The molecule has 0 aliphatic carbocycles. The highest BCUT2D eigenvalue weighted by Gasteiger charge is 2.22. The van der Waals surface area contributed by atoms with E-state index in [2.05, 4.69) is 15.3 Å². The Labute approximate surface area is 177 Å². The monoisotopic (exact) mass is 417 g/mol. The number of carboxylic acids is 1. The summed E-state index contributed by atoms with van der Waals surface area (Å²) in [7, 11) is 0. The third-order valence-corrected chi connectivity index (χ3v) is 4.64. The molecule has 8 heteroatoms. The fourth-order valence-corrected chi connectivity index (χ4v) is 3.14. The number of hydrogen-bond donors (Lipinski definition) is 2. The van der Waals surface area contributed by atoms with Gasteiger partial charge in [-0.2, -0.15) is 0 Å². The Kier molecular flexibility index (Phi) is 5.89. The van der Waals surface area contributed by atoms with Gasteiger partial charge in [-0.25, -0.2) is 9.59 Å². The van der Waals surface area contributed by atoms with Crippen LogP contribution in [-0.2, 0) is 22.6 Å². The highest BCUT2D eigenvalue weighted by molar-refractivity contribution is 5.84. The van der Waals surface area contributed by atoms with Gasteiger partial charge in [0.2, 0.25) is 0 Å². The van der Waals surface area contributed by atoms with Crippen molar-refractivity contribution in [3.8, 4) is 11.1 Å². The van der Waals surface area contributed by atoms with Gasteiger partial charge in [0.05, 0.1) is 5.69 Å². The minimum atomic E-state index is -1.19. The number of fused-ring (bicyclic) bond motifs is 1. The number of carbonyl (C=O) groups excluding carboxylic acids is 1. The summed E-state index contributed by atoms with van der Waals surface area (Å²) in [5.74, 6) is -0.740. The van der Waals surface area contributed by atoms with Crippen LogP contribution in [0.1, 0.15) is 11.5 Å². The maximum Gasteiger partial charge on any atom is 0.408 e. The van der Waals surface area contributed by atoms with Crippen molar-refractivity contribution in [1.29, 1.82) is 0 Å². The number of aromatic nitrogens is 2. The Morgan fingerprint density at radius 1 is 1.06 bits per heavy atom. The largest absolute Gasteiger partial charge is 0.480 e. The predicted octanol–water partition coefficient (Wildman–Crippen LogP) is 3.81. The zero-order chi connectivity index (χ0) is 21.6. The molecule has 2 aromatic heterocycles. The Morgan fingerprint density at radius 3 is 2.65 bits per heavy atom. The van der Waals surface area contributed by atoms with E-state index in [4.69, 9.17) is 9.15 Å². The molecule has 0 spiro atoms. The molecule has 4 aromatic rings. The molecule has 0 radical (unpaired) electrons. The van der Waals surface area contributed by atoms with E-state index >= 15 is 0 Å². The molecule has 0 saturated carbocycles. The molecule has 31 heavy (non-hydrogen) atoms. The predicted molar refractivity (Wildman–Crippen MR) is 112 cm³/mol. The van der Waals surface area contributed by atoms with Gasteiger partial charge in [-0.05, 0) is 29.3 Å². The van der Waals surface area contributed by atoms with Crippen molar-refractivity contribution in [3.63, 3.8) is 0 Å². The summed E-state index contributed by atoms with van der Waals surface area (Å²) in [6, 6.07) is 16.4. The van der Waals surface area contributed by atoms with Gasteiger partial charge in [0.15, 0.2) is 6.61 Å². The van der Waals surface area contributed by atoms with Crippen molar-refractivity contribution in [3.05, 3.63) is 84.6 Å².